The minimum Gasteiger partial charge on any atom is -0.489 e. The smallest absolute Gasteiger partial charge is 0.253 e. The lowest BCUT2D eigenvalue weighted by Crippen LogP contribution is -2.33. The van der Waals surface area contributed by atoms with Crippen molar-refractivity contribution in [2.24, 2.45) is 5.73 Å². The van der Waals surface area contributed by atoms with E-state index in [9.17, 15) is 14.4 Å². The van der Waals surface area contributed by atoms with Gasteiger partial charge in [-0.15, -0.1) is 0 Å². The summed E-state index contributed by atoms with van der Waals surface area (Å²) in [6.07, 6.45) is 0.148. The van der Waals surface area contributed by atoms with Crippen LogP contribution >= 0.6 is 0 Å². The maximum absolute atomic E-state index is 12.8. The third-order valence-corrected chi connectivity index (χ3v) is 5.08. The third kappa shape index (κ3) is 6.93. The summed E-state index contributed by atoms with van der Waals surface area (Å²) in [5.74, 6) is -0.218. The quantitative estimate of drug-likeness (QED) is 0.495. The summed E-state index contributed by atoms with van der Waals surface area (Å²) in [5.41, 5.74) is 7.74. The first-order valence-corrected chi connectivity index (χ1v) is 10.7. The second kappa shape index (κ2) is 11.5. The standard InChI is InChI=1S/C26H27N3O4/c1-2-29(17-16-24(30)28-22-12-8-20(9-13-22)25(27)31)26(32)21-10-14-23(15-11-21)33-18-19-6-4-3-5-7-19/h3-15H,2,16-18H2,1H3,(H2,27,31)(H,28,30). The summed E-state index contributed by atoms with van der Waals surface area (Å²) in [7, 11) is 0. The van der Waals surface area contributed by atoms with Gasteiger partial charge in [-0.25, -0.2) is 0 Å². The van der Waals surface area contributed by atoms with Gasteiger partial charge in [-0.1, -0.05) is 30.3 Å². The Morgan fingerprint density at radius 1 is 0.879 bits per heavy atom. The molecule has 3 amide bonds. The number of carbonyl (C=O) groups is 3. The Morgan fingerprint density at radius 3 is 2.12 bits per heavy atom. The van der Waals surface area contributed by atoms with E-state index >= 15 is 0 Å². The van der Waals surface area contributed by atoms with Crippen LogP contribution in [0.4, 0.5) is 5.69 Å². The molecule has 0 aliphatic heterocycles. The molecule has 0 aromatic heterocycles. The van der Waals surface area contributed by atoms with Crippen LogP contribution in [-0.4, -0.2) is 35.7 Å². The van der Waals surface area contributed by atoms with E-state index < -0.39 is 5.91 Å². The van der Waals surface area contributed by atoms with Crippen molar-refractivity contribution in [1.82, 2.24) is 4.90 Å². The number of carbonyl (C=O) groups excluding carboxylic acids is 3. The van der Waals surface area contributed by atoms with E-state index in [0.29, 0.717) is 35.7 Å². The van der Waals surface area contributed by atoms with Crippen LogP contribution in [-0.2, 0) is 11.4 Å². The van der Waals surface area contributed by atoms with Crippen molar-refractivity contribution in [3.63, 3.8) is 0 Å². The molecule has 0 fully saturated rings. The number of benzene rings is 3. The van der Waals surface area contributed by atoms with Crippen molar-refractivity contribution in [3.8, 4) is 5.75 Å². The Morgan fingerprint density at radius 2 is 1.52 bits per heavy atom. The van der Waals surface area contributed by atoms with Crippen LogP contribution in [0.2, 0.25) is 0 Å². The topological polar surface area (TPSA) is 102 Å². The zero-order valence-corrected chi connectivity index (χ0v) is 18.5. The molecule has 3 N–H and O–H groups in total. The molecule has 0 aliphatic carbocycles. The Hall–Kier alpha value is -4.13. The molecule has 7 nitrogen and oxygen atoms in total. The molecule has 7 heteroatoms. The minimum atomic E-state index is -0.527. The van der Waals surface area contributed by atoms with E-state index in [4.69, 9.17) is 10.5 Å². The maximum Gasteiger partial charge on any atom is 0.253 e. The van der Waals surface area contributed by atoms with Crippen molar-refractivity contribution in [2.45, 2.75) is 20.0 Å². The van der Waals surface area contributed by atoms with Crippen molar-refractivity contribution in [1.29, 1.82) is 0 Å². The molecule has 0 spiro atoms. The first-order valence-electron chi connectivity index (χ1n) is 10.7. The van der Waals surface area contributed by atoms with Crippen molar-refractivity contribution < 1.29 is 19.1 Å². The molecule has 0 radical (unpaired) electrons. The number of hydrogen-bond donors (Lipinski definition) is 2. The van der Waals surface area contributed by atoms with Gasteiger partial charge in [0, 0.05) is 36.3 Å². The van der Waals surface area contributed by atoms with Gasteiger partial charge in [-0.05, 0) is 61.0 Å². The third-order valence-electron chi connectivity index (χ3n) is 5.08. The van der Waals surface area contributed by atoms with E-state index in [1.54, 1.807) is 53.4 Å². The molecule has 0 heterocycles. The summed E-state index contributed by atoms with van der Waals surface area (Å²) < 4.78 is 5.77. The fourth-order valence-corrected chi connectivity index (χ4v) is 3.20. The Bertz CT molecular complexity index is 1080. The predicted molar refractivity (Wildman–Crippen MR) is 127 cm³/mol. The van der Waals surface area contributed by atoms with E-state index in [2.05, 4.69) is 5.32 Å². The first-order chi connectivity index (χ1) is 16.0. The van der Waals surface area contributed by atoms with Crippen molar-refractivity contribution >= 4 is 23.4 Å². The van der Waals surface area contributed by atoms with Gasteiger partial charge in [0.2, 0.25) is 11.8 Å². The molecule has 3 rings (SSSR count). The molecule has 0 saturated carbocycles. The number of nitrogens with one attached hydrogen (secondary N) is 1. The fourth-order valence-electron chi connectivity index (χ4n) is 3.20. The van der Waals surface area contributed by atoms with Crippen LogP contribution in [0.3, 0.4) is 0 Å². The summed E-state index contributed by atoms with van der Waals surface area (Å²) in [6.45, 7) is 3.09. The number of rotatable bonds is 10. The molecule has 3 aromatic carbocycles. The van der Waals surface area contributed by atoms with Crippen LogP contribution < -0.4 is 15.8 Å². The predicted octanol–water partition coefficient (Wildman–Crippen LogP) is 3.86. The monoisotopic (exact) mass is 445 g/mol. The van der Waals surface area contributed by atoms with Crippen molar-refractivity contribution in [3.05, 3.63) is 95.6 Å². The Kier molecular flexibility index (Phi) is 8.18. The number of ether oxygens (including phenoxy) is 1. The van der Waals surface area contributed by atoms with E-state index in [0.717, 1.165) is 5.56 Å². The molecule has 0 saturated heterocycles. The molecule has 170 valence electrons. The van der Waals surface area contributed by atoms with Crippen molar-refractivity contribution in [2.75, 3.05) is 18.4 Å². The lowest BCUT2D eigenvalue weighted by Gasteiger charge is -2.21. The van der Waals surface area contributed by atoms with Gasteiger partial charge in [0.25, 0.3) is 5.91 Å². The highest BCUT2D eigenvalue weighted by molar-refractivity contribution is 5.96. The lowest BCUT2D eigenvalue weighted by atomic mass is 10.1. The molecule has 0 atom stereocenters. The van der Waals surface area contributed by atoms with E-state index in [-0.39, 0.29) is 24.8 Å². The largest absolute Gasteiger partial charge is 0.489 e. The van der Waals surface area contributed by atoms with Gasteiger partial charge in [-0.2, -0.15) is 0 Å². The number of anilines is 1. The molecular weight excluding hydrogens is 418 g/mol. The second-order valence-electron chi connectivity index (χ2n) is 7.42. The number of primary amides is 1. The summed E-state index contributed by atoms with van der Waals surface area (Å²) >= 11 is 0. The summed E-state index contributed by atoms with van der Waals surface area (Å²) in [5, 5.41) is 2.76. The number of nitrogens with zero attached hydrogens (tertiary/aromatic N) is 1. The average Bonchev–Trinajstić information content (AvgIpc) is 2.84. The second-order valence-corrected chi connectivity index (χ2v) is 7.42. The Labute approximate surface area is 193 Å². The SMILES string of the molecule is CCN(CCC(=O)Nc1ccc(C(N)=O)cc1)C(=O)c1ccc(OCc2ccccc2)cc1. The first kappa shape index (κ1) is 23.5. The van der Waals surface area contributed by atoms with Crippen LogP contribution in [0.1, 0.15) is 39.6 Å². The zero-order chi connectivity index (χ0) is 23.6. The number of amides is 3. The molecule has 0 aliphatic rings. The fraction of sp³-hybridized carbons (Fsp3) is 0.192. The highest BCUT2D eigenvalue weighted by atomic mass is 16.5. The van der Waals surface area contributed by atoms with Gasteiger partial charge in [0.15, 0.2) is 0 Å². The molecule has 33 heavy (non-hydrogen) atoms. The minimum absolute atomic E-state index is 0.147. The normalized spacial score (nSPS) is 10.3. The van der Waals surface area contributed by atoms with Crippen LogP contribution in [0.5, 0.6) is 5.75 Å². The maximum atomic E-state index is 12.8. The summed E-state index contributed by atoms with van der Waals surface area (Å²) in [4.78, 5) is 37.9. The van der Waals surface area contributed by atoms with Gasteiger partial charge >= 0.3 is 0 Å². The average molecular weight is 446 g/mol. The zero-order valence-electron chi connectivity index (χ0n) is 18.5. The van der Waals surface area contributed by atoms with Gasteiger partial charge in [-0.3, -0.25) is 14.4 Å². The van der Waals surface area contributed by atoms with Gasteiger partial charge in [0.1, 0.15) is 12.4 Å². The van der Waals surface area contributed by atoms with Crippen LogP contribution in [0, 0.1) is 0 Å². The molecule has 3 aromatic rings. The van der Waals surface area contributed by atoms with Crippen LogP contribution in [0.15, 0.2) is 78.9 Å². The van der Waals surface area contributed by atoms with E-state index in [1.807, 2.05) is 37.3 Å². The lowest BCUT2D eigenvalue weighted by molar-refractivity contribution is -0.116. The molecular formula is C26H27N3O4. The molecule has 0 unspecified atom stereocenters. The van der Waals surface area contributed by atoms with Crippen LogP contribution in [0.25, 0.3) is 0 Å². The molecule has 0 bridgehead atoms. The number of nitrogens with two attached hydrogens (primary N) is 1. The highest BCUT2D eigenvalue weighted by Gasteiger charge is 2.16. The van der Waals surface area contributed by atoms with Gasteiger partial charge in [0.05, 0.1) is 0 Å². The number of hydrogen-bond acceptors (Lipinski definition) is 4. The van der Waals surface area contributed by atoms with E-state index in [1.165, 1.54) is 0 Å². The highest BCUT2D eigenvalue weighted by Crippen LogP contribution is 2.16. The van der Waals surface area contributed by atoms with Gasteiger partial charge < -0.3 is 20.7 Å². The summed E-state index contributed by atoms with van der Waals surface area (Å²) in [6, 6.07) is 23.2. The Balaban J connectivity index is 1.50.